The Bertz CT molecular complexity index is 930. The molecule has 0 unspecified atom stereocenters. The number of nitrogens with zero attached hydrogens (tertiary/aromatic N) is 3. The summed E-state index contributed by atoms with van der Waals surface area (Å²) in [6, 6.07) is 15.2. The normalized spacial score (nSPS) is 11.0. The molecule has 1 heterocycles. The third-order valence-corrected chi connectivity index (χ3v) is 3.73. The van der Waals surface area contributed by atoms with Crippen molar-refractivity contribution in [1.82, 2.24) is 15.2 Å². The second-order valence-electron chi connectivity index (χ2n) is 5.70. The van der Waals surface area contributed by atoms with Gasteiger partial charge < -0.3 is 5.11 Å². The van der Waals surface area contributed by atoms with Crippen molar-refractivity contribution >= 4 is 12.1 Å². The number of hydrazone groups is 1. The molecule has 3 rings (SSSR count). The summed E-state index contributed by atoms with van der Waals surface area (Å²) >= 11 is 0. The first-order valence-electron chi connectivity index (χ1n) is 7.79. The summed E-state index contributed by atoms with van der Waals surface area (Å²) in [7, 11) is 0. The first kappa shape index (κ1) is 16.4. The molecule has 0 radical (unpaired) electrons. The zero-order valence-corrected chi connectivity index (χ0v) is 14.0. The molecule has 0 aliphatic heterocycles. The average Bonchev–Trinajstić information content (AvgIpc) is 2.99. The molecule has 6 nitrogen and oxygen atoms in total. The molecule has 25 heavy (non-hydrogen) atoms. The number of aryl methyl sites for hydroxylation is 2. The Morgan fingerprint density at radius 2 is 1.96 bits per heavy atom. The highest BCUT2D eigenvalue weighted by Gasteiger charge is 2.16. The number of hydrogen-bond donors (Lipinski definition) is 2. The van der Waals surface area contributed by atoms with E-state index in [-0.39, 0.29) is 11.4 Å². The molecule has 126 valence electrons. The zero-order valence-electron chi connectivity index (χ0n) is 14.0. The first-order chi connectivity index (χ1) is 12.0. The minimum Gasteiger partial charge on any atom is -0.504 e. The fourth-order valence-electron chi connectivity index (χ4n) is 2.42. The van der Waals surface area contributed by atoms with E-state index in [0.717, 1.165) is 22.4 Å². The third-order valence-electron chi connectivity index (χ3n) is 3.73. The molecule has 0 saturated carbocycles. The van der Waals surface area contributed by atoms with E-state index >= 15 is 0 Å². The maximum absolute atomic E-state index is 12.2. The molecule has 0 fully saturated rings. The van der Waals surface area contributed by atoms with Gasteiger partial charge in [0.1, 0.15) is 0 Å². The molecule has 0 saturated heterocycles. The van der Waals surface area contributed by atoms with Crippen molar-refractivity contribution in [2.75, 3.05) is 0 Å². The van der Waals surface area contributed by atoms with Gasteiger partial charge in [0.25, 0.3) is 5.91 Å². The predicted molar refractivity (Wildman–Crippen MR) is 96.2 cm³/mol. The molecular weight excluding hydrogens is 316 g/mol. The summed E-state index contributed by atoms with van der Waals surface area (Å²) < 4.78 is 1.44. The van der Waals surface area contributed by atoms with Crippen molar-refractivity contribution in [3.63, 3.8) is 0 Å². The van der Waals surface area contributed by atoms with Gasteiger partial charge in [-0.25, -0.2) is 10.1 Å². The fourth-order valence-corrected chi connectivity index (χ4v) is 2.42. The fraction of sp³-hybridized carbons (Fsp3) is 0.105. The Morgan fingerprint density at radius 3 is 2.68 bits per heavy atom. The number of aromatic nitrogens is 2. The number of nitrogens with one attached hydrogen (secondary N) is 1. The number of carbonyl (C=O) groups excluding carboxylic acids is 1. The number of para-hydroxylation sites is 1. The van der Waals surface area contributed by atoms with E-state index in [1.54, 1.807) is 6.21 Å². The third kappa shape index (κ3) is 3.74. The highest BCUT2D eigenvalue weighted by atomic mass is 16.3. The van der Waals surface area contributed by atoms with Gasteiger partial charge in [-0.2, -0.15) is 10.2 Å². The molecule has 1 aromatic heterocycles. The van der Waals surface area contributed by atoms with Crippen LogP contribution in [0.25, 0.3) is 5.69 Å². The molecule has 0 spiro atoms. The summed E-state index contributed by atoms with van der Waals surface area (Å²) in [5, 5.41) is 18.0. The Morgan fingerprint density at radius 1 is 1.20 bits per heavy atom. The maximum Gasteiger partial charge on any atom is 0.295 e. The van der Waals surface area contributed by atoms with E-state index in [9.17, 15) is 9.90 Å². The standard InChI is InChI=1S/C19H18N4O2/c1-13-8-9-15(14(2)10-13)11-20-21-19(25)18-17(24)12-23(22-18)16-6-4-3-5-7-16/h3-12,24H,1-2H3,(H,21,25)/b20-11+. The van der Waals surface area contributed by atoms with Crippen LogP contribution in [-0.2, 0) is 0 Å². The van der Waals surface area contributed by atoms with E-state index in [4.69, 9.17) is 0 Å². The summed E-state index contributed by atoms with van der Waals surface area (Å²) in [6.07, 6.45) is 2.95. The Balaban J connectivity index is 1.73. The summed E-state index contributed by atoms with van der Waals surface area (Å²) in [6.45, 7) is 3.99. The lowest BCUT2D eigenvalue weighted by Gasteiger charge is -2.01. The molecule has 0 aliphatic carbocycles. The van der Waals surface area contributed by atoms with Crippen LogP contribution in [0, 0.1) is 13.8 Å². The molecule has 2 N–H and O–H groups in total. The number of amides is 1. The van der Waals surface area contributed by atoms with Crippen LogP contribution < -0.4 is 5.43 Å². The molecule has 6 heteroatoms. The van der Waals surface area contributed by atoms with Gasteiger partial charge in [-0.1, -0.05) is 42.0 Å². The summed E-state index contributed by atoms with van der Waals surface area (Å²) in [5.41, 5.74) is 6.19. The van der Waals surface area contributed by atoms with Gasteiger partial charge in [0.15, 0.2) is 11.4 Å². The number of aromatic hydroxyl groups is 1. The van der Waals surface area contributed by atoms with Crippen LogP contribution in [0.1, 0.15) is 27.2 Å². The van der Waals surface area contributed by atoms with Gasteiger partial charge in [0.05, 0.1) is 18.1 Å². The lowest BCUT2D eigenvalue weighted by molar-refractivity contribution is 0.0947. The van der Waals surface area contributed by atoms with Crippen LogP contribution in [-0.4, -0.2) is 27.0 Å². The molecule has 1 amide bonds. The van der Waals surface area contributed by atoms with Crippen molar-refractivity contribution in [3.05, 3.63) is 77.1 Å². The van der Waals surface area contributed by atoms with E-state index in [0.29, 0.717) is 0 Å². The van der Waals surface area contributed by atoms with Gasteiger partial charge in [-0.05, 0) is 37.1 Å². The second-order valence-corrected chi connectivity index (χ2v) is 5.70. The minimum absolute atomic E-state index is 0.0818. The number of carbonyl (C=O) groups is 1. The topological polar surface area (TPSA) is 79.5 Å². The minimum atomic E-state index is -0.576. The van der Waals surface area contributed by atoms with Crippen molar-refractivity contribution in [2.24, 2.45) is 5.10 Å². The zero-order chi connectivity index (χ0) is 17.8. The van der Waals surface area contributed by atoms with Gasteiger partial charge in [0.2, 0.25) is 0 Å². The number of hydrogen-bond acceptors (Lipinski definition) is 4. The summed E-state index contributed by atoms with van der Waals surface area (Å²) in [5.74, 6) is -0.781. The second kappa shape index (κ2) is 7.00. The van der Waals surface area contributed by atoms with Crippen LogP contribution in [0.5, 0.6) is 5.75 Å². The van der Waals surface area contributed by atoms with E-state index in [1.807, 2.05) is 62.4 Å². The van der Waals surface area contributed by atoms with Crippen LogP contribution in [0.2, 0.25) is 0 Å². The smallest absolute Gasteiger partial charge is 0.295 e. The molecular formula is C19H18N4O2. The van der Waals surface area contributed by atoms with Gasteiger partial charge in [-0.15, -0.1) is 0 Å². The van der Waals surface area contributed by atoms with Gasteiger partial charge >= 0.3 is 0 Å². The van der Waals surface area contributed by atoms with Gasteiger partial charge in [-0.3, -0.25) is 4.79 Å². The Kier molecular flexibility index (Phi) is 4.61. The number of rotatable bonds is 4. The molecule has 0 atom stereocenters. The average molecular weight is 334 g/mol. The summed E-state index contributed by atoms with van der Waals surface area (Å²) in [4.78, 5) is 12.2. The van der Waals surface area contributed by atoms with Crippen LogP contribution in [0.15, 0.2) is 59.8 Å². The lowest BCUT2D eigenvalue weighted by Crippen LogP contribution is -2.18. The van der Waals surface area contributed by atoms with E-state index < -0.39 is 5.91 Å². The van der Waals surface area contributed by atoms with Crippen molar-refractivity contribution in [2.45, 2.75) is 13.8 Å². The SMILES string of the molecule is Cc1ccc(/C=N/NC(=O)c2nn(-c3ccccc3)cc2O)c(C)c1. The largest absolute Gasteiger partial charge is 0.504 e. The van der Waals surface area contributed by atoms with Crippen LogP contribution in [0.3, 0.4) is 0 Å². The van der Waals surface area contributed by atoms with Crippen LogP contribution in [0.4, 0.5) is 0 Å². The maximum atomic E-state index is 12.2. The highest BCUT2D eigenvalue weighted by molar-refractivity contribution is 5.95. The van der Waals surface area contributed by atoms with E-state index in [2.05, 4.69) is 15.6 Å². The van der Waals surface area contributed by atoms with Crippen LogP contribution >= 0.6 is 0 Å². The Hall–Kier alpha value is -3.41. The lowest BCUT2D eigenvalue weighted by atomic mass is 10.1. The number of benzene rings is 2. The van der Waals surface area contributed by atoms with Crippen molar-refractivity contribution in [1.29, 1.82) is 0 Å². The Labute approximate surface area is 145 Å². The highest BCUT2D eigenvalue weighted by Crippen LogP contribution is 2.17. The molecule has 0 aliphatic rings. The van der Waals surface area contributed by atoms with Gasteiger partial charge in [0, 0.05) is 0 Å². The van der Waals surface area contributed by atoms with Crippen molar-refractivity contribution < 1.29 is 9.90 Å². The first-order valence-corrected chi connectivity index (χ1v) is 7.79. The van der Waals surface area contributed by atoms with E-state index in [1.165, 1.54) is 10.9 Å². The molecule has 2 aromatic carbocycles. The quantitative estimate of drug-likeness (QED) is 0.569. The monoisotopic (exact) mass is 334 g/mol. The molecule has 3 aromatic rings. The molecule has 0 bridgehead atoms. The van der Waals surface area contributed by atoms with Crippen molar-refractivity contribution in [3.8, 4) is 11.4 Å². The predicted octanol–water partition coefficient (Wildman–Crippen LogP) is 2.96.